The number of carbonyl (C=O) groups is 1. The van der Waals surface area contributed by atoms with Gasteiger partial charge in [-0.2, -0.15) is 0 Å². The van der Waals surface area contributed by atoms with Gasteiger partial charge in [-0.1, -0.05) is 6.92 Å². The molecular weight excluding hydrogens is 240 g/mol. The Morgan fingerprint density at radius 3 is 2.63 bits per heavy atom. The minimum Gasteiger partial charge on any atom is -0.378 e. The fraction of sp³-hybridized carbons (Fsp3) is 0.933. The van der Waals surface area contributed by atoms with Crippen LogP contribution in [-0.4, -0.2) is 49.7 Å². The molecular formula is C15H28N2O2. The quantitative estimate of drug-likeness (QED) is 0.824. The lowest BCUT2D eigenvalue weighted by molar-refractivity contribution is -0.137. The average Bonchev–Trinajstić information content (AvgIpc) is 2.85. The Bertz CT molecular complexity index is 290. The highest BCUT2D eigenvalue weighted by Gasteiger charge is 2.34. The predicted molar refractivity (Wildman–Crippen MR) is 76.0 cm³/mol. The zero-order valence-electron chi connectivity index (χ0n) is 12.4. The maximum absolute atomic E-state index is 12.6. The fourth-order valence-corrected chi connectivity index (χ4v) is 3.23. The number of hydrogen-bond acceptors (Lipinski definition) is 3. The van der Waals surface area contributed by atoms with Crippen LogP contribution in [0.5, 0.6) is 0 Å². The first kappa shape index (κ1) is 14.8. The molecule has 1 N–H and O–H groups in total. The summed E-state index contributed by atoms with van der Waals surface area (Å²) >= 11 is 0. The maximum Gasteiger partial charge on any atom is 0.228 e. The smallest absolute Gasteiger partial charge is 0.228 e. The van der Waals surface area contributed by atoms with E-state index in [-0.39, 0.29) is 12.0 Å². The molecule has 2 aliphatic heterocycles. The highest BCUT2D eigenvalue weighted by atomic mass is 16.5. The van der Waals surface area contributed by atoms with Crippen molar-refractivity contribution < 1.29 is 9.53 Å². The minimum atomic E-state index is 0.0910. The van der Waals surface area contributed by atoms with E-state index < -0.39 is 0 Å². The molecule has 2 heterocycles. The minimum absolute atomic E-state index is 0.0910. The number of carbonyl (C=O) groups excluding carboxylic acids is 1. The Balaban J connectivity index is 1.91. The SMILES string of the molecule is CCCN(CC1CCNCC1)C(=O)C1CCOC1C. The number of hydrogen-bond donors (Lipinski definition) is 1. The summed E-state index contributed by atoms with van der Waals surface area (Å²) in [6, 6.07) is 0. The molecule has 19 heavy (non-hydrogen) atoms. The summed E-state index contributed by atoms with van der Waals surface area (Å²) in [6.45, 7) is 8.96. The third-order valence-corrected chi connectivity index (χ3v) is 4.44. The standard InChI is InChI=1S/C15H28N2O2/c1-3-9-17(11-13-4-7-16-8-5-13)15(18)14-6-10-19-12(14)2/h12-14,16H,3-11H2,1-2H3. The van der Waals surface area contributed by atoms with Crippen LogP contribution in [-0.2, 0) is 9.53 Å². The average molecular weight is 268 g/mol. The van der Waals surface area contributed by atoms with E-state index in [0.29, 0.717) is 11.8 Å². The van der Waals surface area contributed by atoms with Crippen molar-refractivity contribution in [2.24, 2.45) is 11.8 Å². The molecule has 2 rings (SSSR count). The van der Waals surface area contributed by atoms with Crippen molar-refractivity contribution in [2.45, 2.75) is 45.6 Å². The lowest BCUT2D eigenvalue weighted by Crippen LogP contribution is -2.43. The van der Waals surface area contributed by atoms with Crippen LogP contribution in [0.1, 0.15) is 39.5 Å². The number of piperidine rings is 1. The summed E-state index contributed by atoms with van der Waals surface area (Å²) in [5, 5.41) is 3.39. The molecule has 0 aromatic rings. The molecule has 4 nitrogen and oxygen atoms in total. The second-order valence-electron chi connectivity index (χ2n) is 5.95. The summed E-state index contributed by atoms with van der Waals surface area (Å²) in [5.41, 5.74) is 0. The van der Waals surface area contributed by atoms with Gasteiger partial charge in [-0.25, -0.2) is 0 Å². The van der Waals surface area contributed by atoms with Gasteiger partial charge >= 0.3 is 0 Å². The van der Waals surface area contributed by atoms with Crippen LogP contribution in [0.25, 0.3) is 0 Å². The molecule has 0 spiro atoms. The molecule has 4 heteroatoms. The predicted octanol–water partition coefficient (Wildman–Crippen LogP) is 1.65. The normalized spacial score (nSPS) is 28.5. The van der Waals surface area contributed by atoms with Gasteiger partial charge < -0.3 is 15.0 Å². The molecule has 0 aliphatic carbocycles. The van der Waals surface area contributed by atoms with Crippen molar-refractivity contribution in [1.29, 1.82) is 0 Å². The van der Waals surface area contributed by atoms with Gasteiger partial charge in [-0.05, 0) is 51.6 Å². The van der Waals surface area contributed by atoms with Crippen LogP contribution in [0, 0.1) is 11.8 Å². The lowest BCUT2D eigenvalue weighted by atomic mass is 9.95. The topological polar surface area (TPSA) is 41.6 Å². The number of nitrogens with zero attached hydrogens (tertiary/aromatic N) is 1. The van der Waals surface area contributed by atoms with E-state index in [2.05, 4.69) is 17.1 Å². The highest BCUT2D eigenvalue weighted by Crippen LogP contribution is 2.24. The molecule has 2 fully saturated rings. The van der Waals surface area contributed by atoms with Crippen molar-refractivity contribution in [1.82, 2.24) is 10.2 Å². The monoisotopic (exact) mass is 268 g/mol. The Morgan fingerprint density at radius 1 is 1.32 bits per heavy atom. The molecule has 0 aromatic heterocycles. The zero-order chi connectivity index (χ0) is 13.7. The van der Waals surface area contributed by atoms with Crippen LogP contribution < -0.4 is 5.32 Å². The van der Waals surface area contributed by atoms with Gasteiger partial charge in [0.2, 0.25) is 5.91 Å². The van der Waals surface area contributed by atoms with E-state index in [9.17, 15) is 4.79 Å². The summed E-state index contributed by atoms with van der Waals surface area (Å²) in [4.78, 5) is 14.8. The van der Waals surface area contributed by atoms with Crippen molar-refractivity contribution >= 4 is 5.91 Å². The van der Waals surface area contributed by atoms with E-state index in [4.69, 9.17) is 4.74 Å². The molecule has 110 valence electrons. The van der Waals surface area contributed by atoms with Crippen molar-refractivity contribution in [3.63, 3.8) is 0 Å². The number of rotatable bonds is 5. The van der Waals surface area contributed by atoms with E-state index in [1.54, 1.807) is 0 Å². The summed E-state index contributed by atoms with van der Waals surface area (Å²) in [5.74, 6) is 1.09. The van der Waals surface area contributed by atoms with Gasteiger partial charge in [0.15, 0.2) is 0 Å². The molecule has 2 saturated heterocycles. The van der Waals surface area contributed by atoms with Crippen LogP contribution in [0.3, 0.4) is 0 Å². The number of ether oxygens (including phenoxy) is 1. The molecule has 1 amide bonds. The first-order valence-electron chi connectivity index (χ1n) is 7.83. The van der Waals surface area contributed by atoms with Crippen LogP contribution in [0.2, 0.25) is 0 Å². The second-order valence-corrected chi connectivity index (χ2v) is 5.95. The number of nitrogens with one attached hydrogen (secondary N) is 1. The van der Waals surface area contributed by atoms with Gasteiger partial charge in [0.05, 0.1) is 12.0 Å². The van der Waals surface area contributed by atoms with E-state index >= 15 is 0 Å². The Kier molecular flexibility index (Phi) is 5.64. The van der Waals surface area contributed by atoms with E-state index in [1.807, 2.05) is 6.92 Å². The fourth-order valence-electron chi connectivity index (χ4n) is 3.23. The van der Waals surface area contributed by atoms with Gasteiger partial charge in [0, 0.05) is 19.7 Å². The molecule has 0 aromatic carbocycles. The highest BCUT2D eigenvalue weighted by molar-refractivity contribution is 5.79. The van der Waals surface area contributed by atoms with Gasteiger partial charge in [0.25, 0.3) is 0 Å². The van der Waals surface area contributed by atoms with Gasteiger partial charge in [-0.3, -0.25) is 4.79 Å². The Hall–Kier alpha value is -0.610. The van der Waals surface area contributed by atoms with Crippen LogP contribution >= 0.6 is 0 Å². The first-order chi connectivity index (χ1) is 9.22. The summed E-state index contributed by atoms with van der Waals surface area (Å²) < 4.78 is 5.55. The second kappa shape index (κ2) is 7.25. The van der Waals surface area contributed by atoms with Gasteiger partial charge in [0.1, 0.15) is 0 Å². The third-order valence-electron chi connectivity index (χ3n) is 4.44. The van der Waals surface area contributed by atoms with Crippen molar-refractivity contribution in [3.8, 4) is 0 Å². The molecule has 2 atom stereocenters. The van der Waals surface area contributed by atoms with Crippen molar-refractivity contribution in [3.05, 3.63) is 0 Å². The first-order valence-corrected chi connectivity index (χ1v) is 7.83. The lowest BCUT2D eigenvalue weighted by Gasteiger charge is -2.32. The summed E-state index contributed by atoms with van der Waals surface area (Å²) in [6.07, 6.45) is 4.43. The Labute approximate surface area is 116 Å². The van der Waals surface area contributed by atoms with E-state index in [0.717, 1.165) is 45.6 Å². The largest absolute Gasteiger partial charge is 0.378 e. The molecule has 0 bridgehead atoms. The third kappa shape index (κ3) is 3.93. The zero-order valence-corrected chi connectivity index (χ0v) is 12.4. The van der Waals surface area contributed by atoms with Crippen LogP contribution in [0.4, 0.5) is 0 Å². The molecule has 0 radical (unpaired) electrons. The number of amides is 1. The van der Waals surface area contributed by atoms with Crippen molar-refractivity contribution in [2.75, 3.05) is 32.8 Å². The maximum atomic E-state index is 12.6. The summed E-state index contributed by atoms with van der Waals surface area (Å²) in [7, 11) is 0. The van der Waals surface area contributed by atoms with Gasteiger partial charge in [-0.15, -0.1) is 0 Å². The van der Waals surface area contributed by atoms with E-state index in [1.165, 1.54) is 12.8 Å². The van der Waals surface area contributed by atoms with Crippen LogP contribution in [0.15, 0.2) is 0 Å². The molecule has 2 unspecified atom stereocenters. The molecule has 2 aliphatic rings. The Morgan fingerprint density at radius 2 is 2.05 bits per heavy atom. The molecule has 0 saturated carbocycles.